The first-order valence-corrected chi connectivity index (χ1v) is 6.97. The van der Waals surface area contributed by atoms with Crippen molar-refractivity contribution in [3.05, 3.63) is 42.3 Å². The number of halogens is 1. The van der Waals surface area contributed by atoms with Gasteiger partial charge < -0.3 is 9.47 Å². The van der Waals surface area contributed by atoms with E-state index in [1.807, 2.05) is 0 Å². The molecule has 1 heterocycles. The standard InChI is InChI=1S/C15H17FN4O3/c1-22-14-7-8-17-15(18-14)20-19-13(21)6-3-9-23-12-5-2-4-11(16)10-12/h2,4-5,7-8,10H,3,6,9H2,1H3,(H,19,21)(H,17,18,20). The van der Waals surface area contributed by atoms with Crippen LogP contribution in [0.1, 0.15) is 12.8 Å². The SMILES string of the molecule is COc1ccnc(NNC(=O)CCCOc2cccc(F)c2)n1. The molecule has 2 aromatic rings. The number of hydrazine groups is 1. The summed E-state index contributed by atoms with van der Waals surface area (Å²) in [5, 5.41) is 0. The van der Waals surface area contributed by atoms with E-state index in [9.17, 15) is 9.18 Å². The van der Waals surface area contributed by atoms with Gasteiger partial charge in [-0.1, -0.05) is 6.07 Å². The maximum absolute atomic E-state index is 12.9. The number of aromatic nitrogens is 2. The Morgan fingerprint density at radius 3 is 3.00 bits per heavy atom. The number of hydrogen-bond donors (Lipinski definition) is 2. The summed E-state index contributed by atoms with van der Waals surface area (Å²) in [6, 6.07) is 7.45. The van der Waals surface area contributed by atoms with E-state index < -0.39 is 0 Å². The Hall–Kier alpha value is -2.90. The van der Waals surface area contributed by atoms with Crippen LogP contribution in [0.3, 0.4) is 0 Å². The Morgan fingerprint density at radius 1 is 1.35 bits per heavy atom. The van der Waals surface area contributed by atoms with Gasteiger partial charge in [0.1, 0.15) is 11.6 Å². The van der Waals surface area contributed by atoms with Gasteiger partial charge >= 0.3 is 0 Å². The molecule has 0 atom stereocenters. The second kappa shape index (κ2) is 8.52. The van der Waals surface area contributed by atoms with Gasteiger partial charge in [0.25, 0.3) is 0 Å². The van der Waals surface area contributed by atoms with Crippen LogP contribution in [0.15, 0.2) is 36.5 Å². The Kier molecular flexibility index (Phi) is 6.10. The summed E-state index contributed by atoms with van der Waals surface area (Å²) >= 11 is 0. The van der Waals surface area contributed by atoms with Gasteiger partial charge in [0.15, 0.2) is 0 Å². The summed E-state index contributed by atoms with van der Waals surface area (Å²) in [7, 11) is 1.49. The van der Waals surface area contributed by atoms with Gasteiger partial charge in [0.05, 0.1) is 13.7 Å². The van der Waals surface area contributed by atoms with Crippen LogP contribution in [0.5, 0.6) is 11.6 Å². The van der Waals surface area contributed by atoms with Gasteiger partial charge in [-0.25, -0.2) is 9.37 Å². The third-order valence-electron chi connectivity index (χ3n) is 2.77. The van der Waals surface area contributed by atoms with E-state index in [-0.39, 0.29) is 24.1 Å². The molecule has 2 N–H and O–H groups in total. The molecular weight excluding hydrogens is 303 g/mol. The number of nitrogens with zero attached hydrogens (tertiary/aromatic N) is 2. The molecule has 0 aliphatic carbocycles. The zero-order valence-corrected chi connectivity index (χ0v) is 12.6. The maximum Gasteiger partial charge on any atom is 0.245 e. The van der Waals surface area contributed by atoms with Crippen LogP contribution >= 0.6 is 0 Å². The normalized spacial score (nSPS) is 10.0. The summed E-state index contributed by atoms with van der Waals surface area (Å²) in [4.78, 5) is 19.6. The van der Waals surface area contributed by atoms with Crippen molar-refractivity contribution in [2.24, 2.45) is 0 Å². The van der Waals surface area contributed by atoms with Gasteiger partial charge in [0.2, 0.25) is 17.7 Å². The van der Waals surface area contributed by atoms with Crippen molar-refractivity contribution in [3.8, 4) is 11.6 Å². The molecule has 122 valence electrons. The fraction of sp³-hybridized carbons (Fsp3) is 0.267. The van der Waals surface area contributed by atoms with Crippen LogP contribution in [0.2, 0.25) is 0 Å². The molecule has 0 unspecified atom stereocenters. The highest BCUT2D eigenvalue weighted by molar-refractivity contribution is 5.76. The number of ether oxygens (including phenoxy) is 2. The molecule has 8 heteroatoms. The molecule has 7 nitrogen and oxygen atoms in total. The van der Waals surface area contributed by atoms with Crippen molar-refractivity contribution in [2.45, 2.75) is 12.8 Å². The van der Waals surface area contributed by atoms with Crippen LogP contribution in [0.4, 0.5) is 10.3 Å². The molecule has 1 aromatic heterocycles. The monoisotopic (exact) mass is 320 g/mol. The van der Waals surface area contributed by atoms with E-state index >= 15 is 0 Å². The van der Waals surface area contributed by atoms with E-state index in [0.29, 0.717) is 24.7 Å². The van der Waals surface area contributed by atoms with Gasteiger partial charge in [-0.15, -0.1) is 0 Å². The lowest BCUT2D eigenvalue weighted by Crippen LogP contribution is -2.30. The number of carbonyl (C=O) groups is 1. The second-order valence-corrected chi connectivity index (χ2v) is 4.51. The zero-order chi connectivity index (χ0) is 16.5. The first-order chi connectivity index (χ1) is 11.2. The van der Waals surface area contributed by atoms with Gasteiger partial charge in [0, 0.05) is 24.8 Å². The lowest BCUT2D eigenvalue weighted by Gasteiger charge is -2.08. The van der Waals surface area contributed by atoms with Crippen LogP contribution in [-0.4, -0.2) is 29.6 Å². The zero-order valence-electron chi connectivity index (χ0n) is 12.6. The van der Waals surface area contributed by atoms with Crippen molar-refractivity contribution in [3.63, 3.8) is 0 Å². The Labute approximate surface area is 132 Å². The summed E-state index contributed by atoms with van der Waals surface area (Å²) in [5.41, 5.74) is 5.07. The van der Waals surface area contributed by atoms with Crippen molar-refractivity contribution >= 4 is 11.9 Å². The Balaban J connectivity index is 1.65. The molecule has 23 heavy (non-hydrogen) atoms. The average Bonchev–Trinajstić information content (AvgIpc) is 2.57. The van der Waals surface area contributed by atoms with E-state index in [0.717, 1.165) is 0 Å². The van der Waals surface area contributed by atoms with Crippen LogP contribution in [0.25, 0.3) is 0 Å². The third kappa shape index (κ3) is 5.77. The molecule has 0 aliphatic rings. The van der Waals surface area contributed by atoms with Crippen molar-refractivity contribution in [1.82, 2.24) is 15.4 Å². The molecular formula is C15H17FN4O3. The summed E-state index contributed by atoms with van der Waals surface area (Å²) in [6.45, 7) is 0.312. The molecule has 0 radical (unpaired) electrons. The smallest absolute Gasteiger partial charge is 0.245 e. The van der Waals surface area contributed by atoms with Gasteiger partial charge in [-0.3, -0.25) is 15.6 Å². The number of benzene rings is 1. The van der Waals surface area contributed by atoms with Crippen molar-refractivity contribution in [2.75, 3.05) is 19.1 Å². The number of anilines is 1. The average molecular weight is 320 g/mol. The maximum atomic E-state index is 12.9. The number of methoxy groups -OCH3 is 1. The number of amides is 1. The van der Waals surface area contributed by atoms with Crippen molar-refractivity contribution in [1.29, 1.82) is 0 Å². The number of rotatable bonds is 8. The highest BCUT2D eigenvalue weighted by atomic mass is 19.1. The van der Waals surface area contributed by atoms with Gasteiger partial charge in [-0.05, 0) is 18.6 Å². The quantitative estimate of drug-likeness (QED) is 0.571. The first kappa shape index (κ1) is 16.5. The predicted octanol–water partition coefficient (Wildman–Crippen LogP) is 1.93. The largest absolute Gasteiger partial charge is 0.493 e. The topological polar surface area (TPSA) is 85.4 Å². The van der Waals surface area contributed by atoms with Crippen molar-refractivity contribution < 1.29 is 18.7 Å². The molecule has 0 spiro atoms. The van der Waals surface area contributed by atoms with E-state index in [4.69, 9.17) is 9.47 Å². The van der Waals surface area contributed by atoms with E-state index in [1.165, 1.54) is 25.4 Å². The van der Waals surface area contributed by atoms with E-state index in [1.54, 1.807) is 18.2 Å². The second-order valence-electron chi connectivity index (χ2n) is 4.51. The Bertz CT molecular complexity index is 654. The Morgan fingerprint density at radius 2 is 2.22 bits per heavy atom. The van der Waals surface area contributed by atoms with Crippen LogP contribution in [0, 0.1) is 5.82 Å². The number of carbonyl (C=O) groups excluding carboxylic acids is 1. The summed E-state index contributed by atoms with van der Waals surface area (Å²) < 4.78 is 23.2. The lowest BCUT2D eigenvalue weighted by molar-refractivity contribution is -0.120. The minimum atomic E-state index is -0.359. The third-order valence-corrected chi connectivity index (χ3v) is 2.77. The van der Waals surface area contributed by atoms with Crippen LogP contribution < -0.4 is 20.3 Å². The summed E-state index contributed by atoms with van der Waals surface area (Å²) in [6.07, 6.45) is 2.24. The molecule has 0 saturated carbocycles. The molecule has 1 amide bonds. The minimum Gasteiger partial charge on any atom is -0.493 e. The highest BCUT2D eigenvalue weighted by Crippen LogP contribution is 2.12. The highest BCUT2D eigenvalue weighted by Gasteiger charge is 2.04. The molecule has 0 aliphatic heterocycles. The van der Waals surface area contributed by atoms with E-state index in [2.05, 4.69) is 20.8 Å². The summed E-state index contributed by atoms with van der Waals surface area (Å²) in [5.74, 6) is 0.462. The molecule has 2 rings (SSSR count). The first-order valence-electron chi connectivity index (χ1n) is 6.97. The molecule has 1 aromatic carbocycles. The minimum absolute atomic E-state index is 0.230. The molecule has 0 saturated heterocycles. The lowest BCUT2D eigenvalue weighted by atomic mass is 10.3. The number of nitrogens with one attached hydrogen (secondary N) is 2. The fourth-order valence-electron chi connectivity index (χ4n) is 1.68. The predicted molar refractivity (Wildman–Crippen MR) is 81.5 cm³/mol. The number of hydrogen-bond acceptors (Lipinski definition) is 6. The van der Waals surface area contributed by atoms with Crippen LogP contribution in [-0.2, 0) is 4.79 Å². The molecule has 0 fully saturated rings. The van der Waals surface area contributed by atoms with Gasteiger partial charge in [-0.2, -0.15) is 4.98 Å². The molecule has 0 bridgehead atoms. The fourth-order valence-corrected chi connectivity index (χ4v) is 1.68.